The molecule has 0 saturated heterocycles. The van der Waals surface area contributed by atoms with Crippen LogP contribution >= 0.6 is 15.9 Å². The maximum Gasteiger partial charge on any atom is 0.244 e. The van der Waals surface area contributed by atoms with Crippen LogP contribution in [-0.2, 0) is 15.9 Å². The van der Waals surface area contributed by atoms with Crippen LogP contribution in [0.2, 0.25) is 0 Å². The number of benzene rings is 2. The summed E-state index contributed by atoms with van der Waals surface area (Å²) in [5, 5.41) is 10.5. The molecule has 0 spiro atoms. The van der Waals surface area contributed by atoms with Gasteiger partial charge in [-0.3, -0.25) is 4.79 Å². The predicted octanol–water partition coefficient (Wildman–Crippen LogP) is 4.18. The molecule has 0 saturated carbocycles. The molecule has 3 aromatic rings. The van der Waals surface area contributed by atoms with Crippen LogP contribution in [0.5, 0.6) is 5.75 Å². The number of rotatable bonds is 3. The van der Waals surface area contributed by atoms with Gasteiger partial charge in [0, 0.05) is 10.9 Å². The zero-order valence-electron chi connectivity index (χ0n) is 12.9. The predicted molar refractivity (Wildman–Crippen MR) is 95.9 cm³/mol. The fourth-order valence-electron chi connectivity index (χ4n) is 2.66. The summed E-state index contributed by atoms with van der Waals surface area (Å²) in [5.74, 6) is -0.337. The van der Waals surface area contributed by atoms with Crippen molar-refractivity contribution in [1.82, 2.24) is 0 Å². The van der Waals surface area contributed by atoms with E-state index in [1.165, 1.54) is 6.26 Å². The fourth-order valence-corrected chi connectivity index (χ4v) is 3.02. The topological polar surface area (TPSA) is 68.9 Å². The first-order valence-electron chi connectivity index (χ1n) is 7.64. The zero-order chi connectivity index (χ0) is 17.4. The molecule has 0 radical (unpaired) electrons. The van der Waals surface area contributed by atoms with E-state index in [2.05, 4.69) is 15.9 Å². The third-order valence-electron chi connectivity index (χ3n) is 3.88. The van der Waals surface area contributed by atoms with E-state index in [0.29, 0.717) is 12.0 Å². The molecule has 0 amide bonds. The number of hydrogen-bond acceptors (Lipinski definition) is 5. The van der Waals surface area contributed by atoms with Crippen LogP contribution in [0.4, 0.5) is 0 Å². The van der Waals surface area contributed by atoms with Crippen molar-refractivity contribution < 1.29 is 19.0 Å². The third-order valence-corrected chi connectivity index (χ3v) is 4.38. The molecule has 1 aromatic heterocycles. The molecule has 1 unspecified atom stereocenters. The Morgan fingerprint density at radius 1 is 1.12 bits per heavy atom. The molecule has 2 heterocycles. The van der Waals surface area contributed by atoms with Crippen LogP contribution in [0.3, 0.4) is 0 Å². The standard InChI is InChI=1S/C19H13BrO5/c20-12-6-7-14-13(9-12)17(21)18(22)19(25-14)15-10-23-16(24-15)8-11-4-2-1-3-5-11/h1-7,9-10,16,22H,8H2. The Balaban J connectivity index is 1.63. The summed E-state index contributed by atoms with van der Waals surface area (Å²) in [5.41, 5.74) is 0.891. The molecule has 1 N–H and O–H groups in total. The quantitative estimate of drug-likeness (QED) is 0.714. The monoisotopic (exact) mass is 400 g/mol. The second kappa shape index (κ2) is 6.29. The van der Waals surface area contributed by atoms with E-state index in [-0.39, 0.29) is 16.9 Å². The minimum absolute atomic E-state index is 0.0321. The number of ether oxygens (including phenoxy) is 2. The summed E-state index contributed by atoms with van der Waals surface area (Å²) < 4.78 is 17.6. The molecule has 2 aromatic carbocycles. The normalized spacial score (nSPS) is 16.4. The van der Waals surface area contributed by atoms with E-state index in [1.54, 1.807) is 18.2 Å². The Morgan fingerprint density at radius 2 is 1.92 bits per heavy atom. The van der Waals surface area contributed by atoms with Crippen LogP contribution in [0.15, 0.2) is 68.5 Å². The van der Waals surface area contributed by atoms with Crippen molar-refractivity contribution >= 4 is 32.7 Å². The molecular weight excluding hydrogens is 388 g/mol. The molecular formula is C19H13BrO5. The van der Waals surface area contributed by atoms with Crippen molar-refractivity contribution in [3.63, 3.8) is 0 Å². The van der Waals surface area contributed by atoms with Gasteiger partial charge in [-0.25, -0.2) is 0 Å². The molecule has 0 bridgehead atoms. The van der Waals surface area contributed by atoms with Gasteiger partial charge in [-0.2, -0.15) is 0 Å². The summed E-state index contributed by atoms with van der Waals surface area (Å²) in [6.07, 6.45) is 1.35. The highest BCUT2D eigenvalue weighted by atomic mass is 79.9. The highest BCUT2D eigenvalue weighted by Crippen LogP contribution is 2.32. The van der Waals surface area contributed by atoms with Gasteiger partial charge in [0.25, 0.3) is 0 Å². The molecule has 0 fully saturated rings. The highest BCUT2D eigenvalue weighted by Gasteiger charge is 2.27. The zero-order valence-corrected chi connectivity index (χ0v) is 14.5. The first-order chi connectivity index (χ1) is 12.1. The Bertz CT molecular complexity index is 1020. The lowest BCUT2D eigenvalue weighted by Crippen LogP contribution is -2.12. The average molecular weight is 401 g/mol. The summed E-state index contributed by atoms with van der Waals surface area (Å²) >= 11 is 3.30. The van der Waals surface area contributed by atoms with Crippen LogP contribution in [0, 0.1) is 0 Å². The molecule has 4 rings (SSSR count). The second-order valence-electron chi connectivity index (χ2n) is 5.60. The van der Waals surface area contributed by atoms with Crippen molar-refractivity contribution in [2.75, 3.05) is 0 Å². The summed E-state index contributed by atoms with van der Waals surface area (Å²) in [6, 6.07) is 14.8. The highest BCUT2D eigenvalue weighted by molar-refractivity contribution is 9.10. The van der Waals surface area contributed by atoms with E-state index in [0.717, 1.165) is 10.0 Å². The molecule has 0 aliphatic carbocycles. The minimum atomic E-state index is -0.539. The maximum absolute atomic E-state index is 12.4. The molecule has 1 aliphatic rings. The molecule has 5 nitrogen and oxygen atoms in total. The first-order valence-corrected chi connectivity index (χ1v) is 8.43. The number of halogens is 1. The van der Waals surface area contributed by atoms with Crippen molar-refractivity contribution in [2.24, 2.45) is 0 Å². The van der Waals surface area contributed by atoms with Gasteiger partial charge in [0.05, 0.1) is 5.39 Å². The number of fused-ring (bicyclic) bond motifs is 1. The van der Waals surface area contributed by atoms with Crippen LogP contribution < -0.4 is 5.43 Å². The van der Waals surface area contributed by atoms with Gasteiger partial charge in [0.1, 0.15) is 11.8 Å². The van der Waals surface area contributed by atoms with Crippen molar-refractivity contribution in [3.05, 3.63) is 80.8 Å². The van der Waals surface area contributed by atoms with Gasteiger partial charge in [-0.1, -0.05) is 46.3 Å². The largest absolute Gasteiger partial charge is 0.501 e. The van der Waals surface area contributed by atoms with E-state index in [9.17, 15) is 9.90 Å². The van der Waals surface area contributed by atoms with Crippen LogP contribution in [0.1, 0.15) is 11.3 Å². The van der Waals surface area contributed by atoms with Crippen molar-refractivity contribution in [1.29, 1.82) is 0 Å². The van der Waals surface area contributed by atoms with Crippen molar-refractivity contribution in [3.8, 4) is 5.75 Å². The molecule has 6 heteroatoms. The lowest BCUT2D eigenvalue weighted by molar-refractivity contribution is -0.0145. The lowest BCUT2D eigenvalue weighted by atomic mass is 10.1. The summed E-state index contributed by atoms with van der Waals surface area (Å²) in [6.45, 7) is 0. The average Bonchev–Trinajstić information content (AvgIpc) is 3.07. The van der Waals surface area contributed by atoms with E-state index in [1.807, 2.05) is 30.3 Å². The van der Waals surface area contributed by atoms with Gasteiger partial charge in [-0.15, -0.1) is 0 Å². The van der Waals surface area contributed by atoms with Gasteiger partial charge < -0.3 is 19.0 Å². The van der Waals surface area contributed by atoms with E-state index in [4.69, 9.17) is 13.9 Å². The Kier molecular flexibility index (Phi) is 3.97. The Morgan fingerprint density at radius 3 is 2.72 bits per heavy atom. The van der Waals surface area contributed by atoms with Gasteiger partial charge >= 0.3 is 0 Å². The van der Waals surface area contributed by atoms with Gasteiger partial charge in [0.15, 0.2) is 0 Å². The van der Waals surface area contributed by atoms with Gasteiger partial charge in [-0.05, 0) is 23.8 Å². The summed E-state index contributed by atoms with van der Waals surface area (Å²) in [4.78, 5) is 12.4. The molecule has 1 aliphatic heterocycles. The smallest absolute Gasteiger partial charge is 0.244 e. The lowest BCUT2D eigenvalue weighted by Gasteiger charge is -2.12. The van der Waals surface area contributed by atoms with E-state index < -0.39 is 17.5 Å². The van der Waals surface area contributed by atoms with Crippen molar-refractivity contribution in [2.45, 2.75) is 12.7 Å². The first kappa shape index (κ1) is 15.8. The maximum atomic E-state index is 12.4. The molecule has 25 heavy (non-hydrogen) atoms. The second-order valence-corrected chi connectivity index (χ2v) is 6.52. The Labute approximate surface area is 151 Å². The van der Waals surface area contributed by atoms with Crippen LogP contribution in [0.25, 0.3) is 16.7 Å². The molecule has 126 valence electrons. The SMILES string of the molecule is O=c1c(O)c(C2=COC(Cc3ccccc3)O2)oc2ccc(Br)cc12. The fraction of sp³-hybridized carbons (Fsp3) is 0.105. The number of hydrogen-bond donors (Lipinski definition) is 1. The Hall–Kier alpha value is -2.73. The number of aromatic hydroxyl groups is 1. The van der Waals surface area contributed by atoms with Gasteiger partial charge in [0.2, 0.25) is 29.0 Å². The third kappa shape index (κ3) is 3.00. The van der Waals surface area contributed by atoms with E-state index >= 15 is 0 Å². The van der Waals surface area contributed by atoms with Crippen LogP contribution in [-0.4, -0.2) is 11.4 Å². The molecule has 1 atom stereocenters. The summed E-state index contributed by atoms with van der Waals surface area (Å²) in [7, 11) is 0. The minimum Gasteiger partial charge on any atom is -0.501 e.